The van der Waals surface area contributed by atoms with Crippen LogP contribution in [-0.4, -0.2) is 53.2 Å². The summed E-state index contributed by atoms with van der Waals surface area (Å²) in [5, 5.41) is 9.00. The Morgan fingerprint density at radius 3 is 2.41 bits per heavy atom. The van der Waals surface area contributed by atoms with Gasteiger partial charge in [0.25, 0.3) is 0 Å². The smallest absolute Gasteiger partial charge is 0.0558 e. The number of hydrogen-bond donors (Lipinski definition) is 1. The third kappa shape index (κ3) is 2.23. The predicted octanol–water partition coefficient (Wildman–Crippen LogP) is 0.937. The highest BCUT2D eigenvalue weighted by molar-refractivity contribution is 5.15. The molecule has 0 aliphatic carbocycles. The van der Waals surface area contributed by atoms with Crippen LogP contribution in [0.5, 0.6) is 0 Å². The molecule has 17 heavy (non-hydrogen) atoms. The van der Waals surface area contributed by atoms with Crippen molar-refractivity contribution in [3.63, 3.8) is 0 Å². The Balaban J connectivity index is 1.59. The molecule has 2 heterocycles. The van der Waals surface area contributed by atoms with E-state index in [1.54, 1.807) is 0 Å². The molecule has 92 valence electrons. The summed E-state index contributed by atoms with van der Waals surface area (Å²) in [6.45, 7) is 4.52. The van der Waals surface area contributed by atoms with Gasteiger partial charge >= 0.3 is 0 Å². The standard InChI is InChI=1S/C14H20N2O/c17-7-6-15-10-14-8-13(15)11-16(14)9-12-4-2-1-3-5-12/h1-5,13-14,17H,6-11H2/t13-,14-/m0/s1. The molecule has 1 aromatic rings. The fourth-order valence-corrected chi connectivity index (χ4v) is 3.25. The maximum absolute atomic E-state index is 9.00. The second-order valence-electron chi connectivity index (χ2n) is 5.18. The third-order valence-corrected chi connectivity index (χ3v) is 4.08. The van der Waals surface area contributed by atoms with E-state index >= 15 is 0 Å². The van der Waals surface area contributed by atoms with Crippen LogP contribution < -0.4 is 0 Å². The molecule has 0 spiro atoms. The van der Waals surface area contributed by atoms with Crippen molar-refractivity contribution in [1.82, 2.24) is 9.80 Å². The number of likely N-dealkylation sites (tertiary alicyclic amines) is 2. The first-order chi connectivity index (χ1) is 8.36. The van der Waals surface area contributed by atoms with Crippen molar-refractivity contribution < 1.29 is 5.11 Å². The molecule has 0 saturated carbocycles. The first-order valence-corrected chi connectivity index (χ1v) is 6.49. The summed E-state index contributed by atoms with van der Waals surface area (Å²) in [7, 11) is 0. The van der Waals surface area contributed by atoms with Crippen LogP contribution in [0.1, 0.15) is 12.0 Å². The first-order valence-electron chi connectivity index (χ1n) is 6.49. The van der Waals surface area contributed by atoms with Gasteiger partial charge < -0.3 is 5.11 Å². The number of β-amino-alcohol motifs (C(OH)–C–C–N with tert-alkyl or cyclic N) is 1. The molecule has 2 fully saturated rings. The summed E-state index contributed by atoms with van der Waals surface area (Å²) < 4.78 is 0. The Bertz CT molecular complexity index is 368. The summed E-state index contributed by atoms with van der Waals surface area (Å²) in [4.78, 5) is 5.03. The summed E-state index contributed by atoms with van der Waals surface area (Å²) >= 11 is 0. The van der Waals surface area contributed by atoms with Crippen LogP contribution in [0, 0.1) is 0 Å². The summed E-state index contributed by atoms with van der Waals surface area (Å²) in [5.41, 5.74) is 1.41. The van der Waals surface area contributed by atoms with Gasteiger partial charge in [-0.05, 0) is 12.0 Å². The fourth-order valence-electron chi connectivity index (χ4n) is 3.25. The molecular formula is C14H20N2O. The van der Waals surface area contributed by atoms with Crippen LogP contribution in [0.4, 0.5) is 0 Å². The van der Waals surface area contributed by atoms with Crippen molar-refractivity contribution in [3.05, 3.63) is 35.9 Å². The van der Waals surface area contributed by atoms with Crippen LogP contribution in [0.3, 0.4) is 0 Å². The Morgan fingerprint density at radius 1 is 1.06 bits per heavy atom. The molecule has 2 saturated heterocycles. The number of rotatable bonds is 4. The average molecular weight is 232 g/mol. The molecule has 0 aromatic heterocycles. The number of nitrogens with zero attached hydrogens (tertiary/aromatic N) is 2. The van der Waals surface area contributed by atoms with Gasteiger partial charge in [0.15, 0.2) is 0 Å². The minimum Gasteiger partial charge on any atom is -0.395 e. The number of fused-ring (bicyclic) bond motifs is 2. The molecule has 1 N–H and O–H groups in total. The molecule has 3 heteroatoms. The quantitative estimate of drug-likeness (QED) is 0.837. The van der Waals surface area contributed by atoms with E-state index in [0.717, 1.165) is 19.6 Å². The highest BCUT2D eigenvalue weighted by Crippen LogP contribution is 2.31. The topological polar surface area (TPSA) is 26.7 Å². The number of aliphatic hydroxyl groups is 1. The highest BCUT2D eigenvalue weighted by Gasteiger charge is 2.42. The molecule has 0 radical (unpaired) electrons. The van der Waals surface area contributed by atoms with E-state index in [9.17, 15) is 0 Å². The SMILES string of the molecule is OCCN1C[C@@H]2C[C@H]1CN2Cc1ccccc1. The monoisotopic (exact) mass is 232 g/mol. The van der Waals surface area contributed by atoms with Crippen LogP contribution >= 0.6 is 0 Å². The molecule has 3 nitrogen and oxygen atoms in total. The van der Waals surface area contributed by atoms with E-state index in [1.807, 2.05) is 0 Å². The van der Waals surface area contributed by atoms with Crippen molar-refractivity contribution in [3.8, 4) is 0 Å². The third-order valence-electron chi connectivity index (χ3n) is 4.08. The van der Waals surface area contributed by atoms with E-state index in [1.165, 1.54) is 18.5 Å². The molecule has 0 unspecified atom stereocenters. The molecule has 2 atom stereocenters. The lowest BCUT2D eigenvalue weighted by molar-refractivity contribution is 0.105. The molecule has 3 rings (SSSR count). The van der Waals surface area contributed by atoms with Crippen molar-refractivity contribution in [1.29, 1.82) is 0 Å². The zero-order valence-electron chi connectivity index (χ0n) is 10.1. The molecule has 2 bridgehead atoms. The highest BCUT2D eigenvalue weighted by atomic mass is 16.3. The zero-order valence-corrected chi connectivity index (χ0v) is 10.1. The lowest BCUT2D eigenvalue weighted by atomic mass is 10.2. The summed E-state index contributed by atoms with van der Waals surface area (Å²) in [5.74, 6) is 0. The Hall–Kier alpha value is -0.900. The fraction of sp³-hybridized carbons (Fsp3) is 0.571. The van der Waals surface area contributed by atoms with E-state index in [4.69, 9.17) is 5.11 Å². The van der Waals surface area contributed by atoms with E-state index < -0.39 is 0 Å². The van der Waals surface area contributed by atoms with Crippen LogP contribution in [0.15, 0.2) is 30.3 Å². The lowest BCUT2D eigenvalue weighted by Crippen LogP contribution is -2.46. The maximum atomic E-state index is 9.00. The molecule has 2 aliphatic rings. The zero-order chi connectivity index (χ0) is 11.7. The van der Waals surface area contributed by atoms with Gasteiger partial charge in [0, 0.05) is 38.3 Å². The van der Waals surface area contributed by atoms with Gasteiger partial charge in [-0.2, -0.15) is 0 Å². The first kappa shape index (κ1) is 11.2. The number of hydrogen-bond acceptors (Lipinski definition) is 3. The van der Waals surface area contributed by atoms with Gasteiger partial charge in [-0.3, -0.25) is 9.80 Å². The van der Waals surface area contributed by atoms with Gasteiger partial charge in [0.05, 0.1) is 6.61 Å². The minimum atomic E-state index is 0.294. The number of piperazine rings is 1. The maximum Gasteiger partial charge on any atom is 0.0558 e. The van der Waals surface area contributed by atoms with Gasteiger partial charge in [-0.15, -0.1) is 0 Å². The summed E-state index contributed by atoms with van der Waals surface area (Å²) in [6.07, 6.45) is 1.28. The lowest BCUT2D eigenvalue weighted by Gasteiger charge is -2.33. The van der Waals surface area contributed by atoms with Gasteiger partial charge in [0.2, 0.25) is 0 Å². The van der Waals surface area contributed by atoms with Gasteiger partial charge in [-0.1, -0.05) is 30.3 Å². The molecule has 1 aromatic carbocycles. The second kappa shape index (κ2) is 4.77. The Morgan fingerprint density at radius 2 is 1.76 bits per heavy atom. The van der Waals surface area contributed by atoms with Crippen LogP contribution in [0.2, 0.25) is 0 Å². The van der Waals surface area contributed by atoms with E-state index in [0.29, 0.717) is 18.7 Å². The number of benzene rings is 1. The summed E-state index contributed by atoms with van der Waals surface area (Å²) in [6, 6.07) is 12.1. The average Bonchev–Trinajstić information content (AvgIpc) is 2.90. The Kier molecular flexibility index (Phi) is 3.14. The second-order valence-corrected chi connectivity index (χ2v) is 5.18. The van der Waals surface area contributed by atoms with E-state index in [2.05, 4.69) is 40.1 Å². The predicted molar refractivity (Wildman–Crippen MR) is 67.7 cm³/mol. The van der Waals surface area contributed by atoms with Gasteiger partial charge in [-0.25, -0.2) is 0 Å². The largest absolute Gasteiger partial charge is 0.395 e. The molecule has 2 aliphatic heterocycles. The number of aliphatic hydroxyl groups excluding tert-OH is 1. The van der Waals surface area contributed by atoms with Gasteiger partial charge in [0.1, 0.15) is 0 Å². The minimum absolute atomic E-state index is 0.294. The van der Waals surface area contributed by atoms with E-state index in [-0.39, 0.29) is 0 Å². The van der Waals surface area contributed by atoms with Crippen LogP contribution in [-0.2, 0) is 6.54 Å². The van der Waals surface area contributed by atoms with Crippen molar-refractivity contribution in [2.75, 3.05) is 26.2 Å². The van der Waals surface area contributed by atoms with Crippen molar-refractivity contribution in [2.45, 2.75) is 25.0 Å². The molecular weight excluding hydrogens is 212 g/mol. The normalized spacial score (nSPS) is 29.0. The van der Waals surface area contributed by atoms with Crippen LogP contribution in [0.25, 0.3) is 0 Å². The Labute approximate surface area is 103 Å². The molecule has 0 amide bonds. The van der Waals surface area contributed by atoms with Crippen molar-refractivity contribution in [2.24, 2.45) is 0 Å². The van der Waals surface area contributed by atoms with Crippen molar-refractivity contribution >= 4 is 0 Å².